The molecule has 118 valence electrons. The molecule has 0 unspecified atom stereocenters. The third kappa shape index (κ3) is 5.14. The van der Waals surface area contributed by atoms with Gasteiger partial charge in [0.05, 0.1) is 6.10 Å². The van der Waals surface area contributed by atoms with Gasteiger partial charge in [0.2, 0.25) is 0 Å². The predicted octanol–water partition coefficient (Wildman–Crippen LogP) is 1.79. The molecule has 6 heteroatoms. The Morgan fingerprint density at radius 2 is 2.17 bits per heavy atom. The average molecular weight is 311 g/mol. The molecule has 0 spiro atoms. The maximum atomic E-state index is 12.0. The highest BCUT2D eigenvalue weighted by molar-refractivity contribution is 6.01. The van der Waals surface area contributed by atoms with Crippen LogP contribution in [0.1, 0.15) is 18.4 Å². The Hall–Kier alpha value is -2.83. The molecule has 1 amide bonds. The van der Waals surface area contributed by atoms with Crippen LogP contribution in [0.4, 0.5) is 0 Å². The van der Waals surface area contributed by atoms with E-state index in [1.54, 1.807) is 24.3 Å². The molecule has 1 saturated heterocycles. The molecule has 1 aromatic rings. The van der Waals surface area contributed by atoms with E-state index < -0.39 is 5.91 Å². The molecule has 0 radical (unpaired) electrons. The van der Waals surface area contributed by atoms with Gasteiger partial charge >= 0.3 is 0 Å². The van der Waals surface area contributed by atoms with Crippen molar-refractivity contribution in [2.24, 2.45) is 0 Å². The van der Waals surface area contributed by atoms with Crippen LogP contribution in [0.5, 0.6) is 5.75 Å². The summed E-state index contributed by atoms with van der Waals surface area (Å²) >= 11 is 0. The molecule has 1 aliphatic rings. The highest BCUT2D eigenvalue weighted by Crippen LogP contribution is 2.15. The zero-order valence-electron chi connectivity index (χ0n) is 12.6. The number of nitrogens with zero attached hydrogens (tertiary/aromatic N) is 2. The van der Waals surface area contributed by atoms with Crippen LogP contribution in [-0.2, 0) is 9.53 Å². The SMILES string of the molecule is N#CCOc1ccc(/C=C(\C#N)C(=O)NC[C@H]2CCCO2)cc1. The summed E-state index contributed by atoms with van der Waals surface area (Å²) in [6, 6.07) is 10.6. The number of carbonyl (C=O) groups is 1. The zero-order valence-corrected chi connectivity index (χ0v) is 12.6. The average Bonchev–Trinajstić information content (AvgIpc) is 3.10. The molecule has 1 N–H and O–H groups in total. The molecule has 6 nitrogen and oxygen atoms in total. The number of benzene rings is 1. The van der Waals surface area contributed by atoms with Crippen LogP contribution in [0.2, 0.25) is 0 Å². The van der Waals surface area contributed by atoms with Crippen molar-refractivity contribution in [1.82, 2.24) is 5.32 Å². The molecule has 0 aliphatic carbocycles. The van der Waals surface area contributed by atoms with Crippen LogP contribution in [0.25, 0.3) is 6.08 Å². The van der Waals surface area contributed by atoms with Crippen molar-refractivity contribution in [3.63, 3.8) is 0 Å². The molecule has 1 heterocycles. The minimum Gasteiger partial charge on any atom is -0.479 e. The summed E-state index contributed by atoms with van der Waals surface area (Å²) in [5, 5.41) is 20.3. The smallest absolute Gasteiger partial charge is 0.262 e. The fourth-order valence-corrected chi connectivity index (χ4v) is 2.20. The summed E-state index contributed by atoms with van der Waals surface area (Å²) in [4.78, 5) is 12.0. The Bertz CT molecular complexity index is 647. The lowest BCUT2D eigenvalue weighted by Gasteiger charge is -2.10. The Balaban J connectivity index is 1.95. The first-order valence-corrected chi connectivity index (χ1v) is 7.34. The van der Waals surface area contributed by atoms with Gasteiger partial charge in [-0.1, -0.05) is 12.1 Å². The Kier molecular flexibility index (Phi) is 6.17. The van der Waals surface area contributed by atoms with Gasteiger partial charge in [-0.3, -0.25) is 4.79 Å². The van der Waals surface area contributed by atoms with Gasteiger partial charge in [-0.05, 0) is 36.6 Å². The molecule has 0 aromatic heterocycles. The minimum atomic E-state index is -0.409. The number of hydrogen-bond donors (Lipinski definition) is 1. The van der Waals surface area contributed by atoms with Crippen molar-refractivity contribution >= 4 is 12.0 Å². The van der Waals surface area contributed by atoms with Crippen molar-refractivity contribution in [3.8, 4) is 17.9 Å². The summed E-state index contributed by atoms with van der Waals surface area (Å²) in [6.45, 7) is 1.12. The van der Waals surface area contributed by atoms with Crippen molar-refractivity contribution in [2.75, 3.05) is 19.8 Å². The Morgan fingerprint density at radius 1 is 1.39 bits per heavy atom. The number of nitrogens with one attached hydrogen (secondary N) is 1. The van der Waals surface area contributed by atoms with E-state index >= 15 is 0 Å². The number of hydrogen-bond acceptors (Lipinski definition) is 5. The monoisotopic (exact) mass is 311 g/mol. The largest absolute Gasteiger partial charge is 0.479 e. The Morgan fingerprint density at radius 3 is 2.78 bits per heavy atom. The predicted molar refractivity (Wildman–Crippen MR) is 83.1 cm³/mol. The number of nitriles is 2. The number of amides is 1. The standard InChI is InChI=1S/C17H17N3O3/c18-7-9-23-15-5-3-13(4-6-15)10-14(11-19)17(21)20-12-16-2-1-8-22-16/h3-6,10,16H,1-2,8-9,12H2,(H,20,21)/b14-10+/t16-/m1/s1. The van der Waals surface area contributed by atoms with E-state index in [9.17, 15) is 4.79 Å². The normalized spacial score (nSPS) is 17.1. The lowest BCUT2D eigenvalue weighted by atomic mass is 10.1. The highest BCUT2D eigenvalue weighted by Gasteiger charge is 2.17. The fraction of sp³-hybridized carbons (Fsp3) is 0.353. The zero-order chi connectivity index (χ0) is 16.5. The maximum Gasteiger partial charge on any atom is 0.262 e. The number of carbonyl (C=O) groups excluding carboxylic acids is 1. The van der Waals surface area contributed by atoms with Crippen LogP contribution in [0.3, 0.4) is 0 Å². The van der Waals surface area contributed by atoms with E-state index in [0.29, 0.717) is 17.9 Å². The van der Waals surface area contributed by atoms with E-state index in [2.05, 4.69) is 5.32 Å². The van der Waals surface area contributed by atoms with Crippen LogP contribution >= 0.6 is 0 Å². The van der Waals surface area contributed by atoms with Gasteiger partial charge in [0, 0.05) is 13.2 Å². The first-order valence-electron chi connectivity index (χ1n) is 7.34. The molecule has 1 aliphatic heterocycles. The lowest BCUT2D eigenvalue weighted by molar-refractivity contribution is -0.117. The van der Waals surface area contributed by atoms with Gasteiger partial charge < -0.3 is 14.8 Å². The minimum absolute atomic E-state index is 0.0235. The second kappa shape index (κ2) is 8.57. The second-order valence-corrected chi connectivity index (χ2v) is 5.03. The third-order valence-electron chi connectivity index (χ3n) is 3.37. The summed E-state index contributed by atoms with van der Waals surface area (Å²) in [5.74, 6) is 0.151. The first-order chi connectivity index (χ1) is 11.2. The Labute approximate surface area is 134 Å². The third-order valence-corrected chi connectivity index (χ3v) is 3.37. The van der Waals surface area contributed by atoms with Crippen molar-refractivity contribution < 1.29 is 14.3 Å². The summed E-state index contributed by atoms with van der Waals surface area (Å²) in [7, 11) is 0. The molecule has 2 rings (SSSR count). The van der Waals surface area contributed by atoms with Crippen molar-refractivity contribution in [1.29, 1.82) is 10.5 Å². The molecule has 1 aromatic carbocycles. The molecule has 1 fully saturated rings. The second-order valence-electron chi connectivity index (χ2n) is 5.03. The van der Waals surface area contributed by atoms with Gasteiger partial charge in [0.15, 0.2) is 6.61 Å². The van der Waals surface area contributed by atoms with Crippen LogP contribution in [-0.4, -0.2) is 31.8 Å². The van der Waals surface area contributed by atoms with Crippen LogP contribution in [0, 0.1) is 22.7 Å². The lowest BCUT2D eigenvalue weighted by Crippen LogP contribution is -2.32. The van der Waals surface area contributed by atoms with Gasteiger partial charge in [-0.2, -0.15) is 10.5 Å². The van der Waals surface area contributed by atoms with Gasteiger partial charge in [0.1, 0.15) is 23.5 Å². The molecule has 23 heavy (non-hydrogen) atoms. The first kappa shape index (κ1) is 16.5. The molecular weight excluding hydrogens is 294 g/mol. The van der Waals surface area contributed by atoms with Gasteiger partial charge in [-0.15, -0.1) is 0 Å². The molecular formula is C17H17N3O3. The molecule has 1 atom stereocenters. The number of ether oxygens (including phenoxy) is 2. The van der Waals surface area contributed by atoms with Crippen molar-refractivity contribution in [3.05, 3.63) is 35.4 Å². The van der Waals surface area contributed by atoms with E-state index in [1.165, 1.54) is 6.08 Å². The molecule has 0 saturated carbocycles. The van der Waals surface area contributed by atoms with E-state index in [0.717, 1.165) is 19.4 Å². The summed E-state index contributed by atoms with van der Waals surface area (Å²) < 4.78 is 10.6. The van der Waals surface area contributed by atoms with E-state index in [4.69, 9.17) is 20.0 Å². The summed E-state index contributed by atoms with van der Waals surface area (Å²) in [5.41, 5.74) is 0.742. The van der Waals surface area contributed by atoms with Crippen LogP contribution in [0.15, 0.2) is 29.8 Å². The van der Waals surface area contributed by atoms with E-state index in [-0.39, 0.29) is 18.3 Å². The van der Waals surface area contributed by atoms with Gasteiger partial charge in [-0.25, -0.2) is 0 Å². The quantitative estimate of drug-likeness (QED) is 0.638. The summed E-state index contributed by atoms with van der Waals surface area (Å²) in [6.07, 6.45) is 3.48. The molecule has 0 bridgehead atoms. The van der Waals surface area contributed by atoms with Crippen molar-refractivity contribution in [2.45, 2.75) is 18.9 Å². The van der Waals surface area contributed by atoms with Gasteiger partial charge in [0.25, 0.3) is 5.91 Å². The maximum absolute atomic E-state index is 12.0. The topological polar surface area (TPSA) is 95.1 Å². The van der Waals surface area contributed by atoms with E-state index in [1.807, 2.05) is 12.1 Å². The van der Waals surface area contributed by atoms with Crippen LogP contribution < -0.4 is 10.1 Å². The highest BCUT2D eigenvalue weighted by atomic mass is 16.5. The fourth-order valence-electron chi connectivity index (χ4n) is 2.20. The number of rotatable bonds is 6.